The van der Waals surface area contributed by atoms with E-state index in [0.717, 1.165) is 54.0 Å². The molecule has 1 aromatic carbocycles. The van der Waals surface area contributed by atoms with Crippen molar-refractivity contribution in [2.75, 3.05) is 36.6 Å². The Morgan fingerprint density at radius 1 is 1.05 bits per heavy atom. The Morgan fingerprint density at radius 3 is 2.47 bits per heavy atom. The van der Waals surface area contributed by atoms with Crippen molar-refractivity contribution in [3.05, 3.63) is 58.3 Å². The molecule has 0 spiro atoms. The molecule has 3 aromatic rings. The van der Waals surface area contributed by atoms with Crippen molar-refractivity contribution in [3.63, 3.8) is 0 Å². The maximum atomic E-state index is 13.3. The molecular weight excluding hydrogens is 476 g/mol. The summed E-state index contributed by atoms with van der Waals surface area (Å²) in [5.41, 5.74) is 6.18. The first-order valence-electron chi connectivity index (χ1n) is 13.8. The smallest absolute Gasteiger partial charge is 0.252 e. The fourth-order valence-corrected chi connectivity index (χ4v) is 6.30. The first-order valence-corrected chi connectivity index (χ1v) is 13.8. The second-order valence-electron chi connectivity index (χ2n) is 10.4. The molecule has 0 amide bonds. The molecule has 2 aliphatic heterocycles. The van der Waals surface area contributed by atoms with Crippen LogP contribution in [-0.2, 0) is 13.1 Å². The predicted molar refractivity (Wildman–Crippen MR) is 151 cm³/mol. The van der Waals surface area contributed by atoms with Gasteiger partial charge in [0.05, 0.1) is 40.7 Å². The zero-order chi connectivity index (χ0) is 27.0. The lowest BCUT2D eigenvalue weighted by Gasteiger charge is -2.50. The summed E-state index contributed by atoms with van der Waals surface area (Å²) in [5, 5.41) is 13.5. The van der Waals surface area contributed by atoms with Gasteiger partial charge in [-0.3, -0.25) is 19.7 Å². The van der Waals surface area contributed by atoms with Crippen LogP contribution in [-0.4, -0.2) is 63.2 Å². The molecule has 9 heteroatoms. The number of benzene rings is 1. The molecular formula is C29H38N8O. The minimum Gasteiger partial charge on any atom is -0.364 e. The number of aromatic nitrogens is 3. The summed E-state index contributed by atoms with van der Waals surface area (Å²) in [4.78, 5) is 27.3. The lowest BCUT2D eigenvalue weighted by Crippen LogP contribution is -2.59. The van der Waals surface area contributed by atoms with Crippen molar-refractivity contribution < 1.29 is 0 Å². The van der Waals surface area contributed by atoms with Gasteiger partial charge in [0.15, 0.2) is 0 Å². The van der Waals surface area contributed by atoms with E-state index >= 15 is 0 Å². The van der Waals surface area contributed by atoms with E-state index in [9.17, 15) is 10.1 Å². The van der Waals surface area contributed by atoms with Gasteiger partial charge in [0.2, 0.25) is 0 Å². The molecule has 1 unspecified atom stereocenters. The zero-order valence-electron chi connectivity index (χ0n) is 23.1. The van der Waals surface area contributed by atoms with Crippen molar-refractivity contribution >= 4 is 22.4 Å². The Bertz CT molecular complexity index is 1410. The van der Waals surface area contributed by atoms with Crippen LogP contribution in [0, 0.1) is 11.3 Å². The number of fused-ring (bicyclic) bond motifs is 2. The van der Waals surface area contributed by atoms with Crippen molar-refractivity contribution in [1.29, 1.82) is 5.26 Å². The minimum absolute atomic E-state index is 0.0319. The SMILES string of the molecule is CC[C@H]1CN(C(C)c2ccc3nccnc3c2)[C@H](CC)CN1c1cc(=O)n(CC)c2c1N(C)N(CC#N)C2. The molecule has 0 aliphatic carbocycles. The van der Waals surface area contributed by atoms with Gasteiger partial charge in [-0.05, 0) is 44.4 Å². The number of hydrogen-bond donors (Lipinski definition) is 0. The van der Waals surface area contributed by atoms with E-state index in [-0.39, 0.29) is 17.6 Å². The van der Waals surface area contributed by atoms with E-state index in [2.05, 4.69) is 69.8 Å². The molecule has 5 rings (SSSR count). The largest absolute Gasteiger partial charge is 0.364 e. The van der Waals surface area contributed by atoms with Crippen LogP contribution in [0.5, 0.6) is 0 Å². The van der Waals surface area contributed by atoms with Crippen LogP contribution >= 0.6 is 0 Å². The molecule has 9 nitrogen and oxygen atoms in total. The van der Waals surface area contributed by atoms with Crippen LogP contribution in [0.3, 0.4) is 0 Å². The molecule has 3 atom stereocenters. The predicted octanol–water partition coefficient (Wildman–Crippen LogP) is 3.94. The highest BCUT2D eigenvalue weighted by Gasteiger charge is 2.39. The molecule has 4 heterocycles. The third-order valence-corrected chi connectivity index (χ3v) is 8.48. The highest BCUT2D eigenvalue weighted by Crippen LogP contribution is 2.41. The lowest BCUT2D eigenvalue weighted by atomic mass is 9.96. The summed E-state index contributed by atoms with van der Waals surface area (Å²) < 4.78 is 1.85. The first-order chi connectivity index (χ1) is 18.4. The average Bonchev–Trinajstić information content (AvgIpc) is 3.26. The third kappa shape index (κ3) is 4.42. The summed E-state index contributed by atoms with van der Waals surface area (Å²) in [7, 11) is 2.01. The Kier molecular flexibility index (Phi) is 7.37. The van der Waals surface area contributed by atoms with Crippen molar-refractivity contribution in [2.45, 2.75) is 71.8 Å². The van der Waals surface area contributed by atoms with E-state index in [1.807, 2.05) is 29.6 Å². The van der Waals surface area contributed by atoms with Crippen LogP contribution in [0.25, 0.3) is 11.0 Å². The van der Waals surface area contributed by atoms with Crippen LogP contribution in [0.15, 0.2) is 41.5 Å². The van der Waals surface area contributed by atoms with E-state index in [0.29, 0.717) is 25.7 Å². The number of nitrogens with zero attached hydrogens (tertiary/aromatic N) is 8. The topological polar surface area (TPSA) is 84.5 Å². The van der Waals surface area contributed by atoms with Gasteiger partial charge < -0.3 is 14.5 Å². The summed E-state index contributed by atoms with van der Waals surface area (Å²) >= 11 is 0. The van der Waals surface area contributed by atoms with Gasteiger partial charge in [0.1, 0.15) is 6.54 Å². The standard InChI is InChI=1S/C29H38N8O/c1-6-22-18-37(26-16-28(38)35(8-3)27-19-34(14-11-30)33(5)29(26)27)23(7-2)17-36(22)20(4)21-9-10-24-25(15-21)32-13-12-31-24/h9-10,12-13,15-16,20,22-23H,6-8,14,17-19H2,1-5H3/t20?,22-,23+/m1/s1. The number of nitriles is 1. The second-order valence-corrected chi connectivity index (χ2v) is 10.4. The van der Waals surface area contributed by atoms with Crippen LogP contribution in [0.1, 0.15) is 57.8 Å². The van der Waals surface area contributed by atoms with Gasteiger partial charge in [-0.15, -0.1) is 0 Å². The average molecular weight is 515 g/mol. The monoisotopic (exact) mass is 514 g/mol. The highest BCUT2D eigenvalue weighted by molar-refractivity contribution is 5.76. The number of hydrogen-bond acceptors (Lipinski definition) is 8. The number of anilines is 2. The molecule has 2 aliphatic rings. The van der Waals surface area contributed by atoms with Gasteiger partial charge in [-0.1, -0.05) is 19.9 Å². The lowest BCUT2D eigenvalue weighted by molar-refractivity contribution is 0.101. The summed E-state index contributed by atoms with van der Waals surface area (Å²) in [6.07, 6.45) is 5.46. The normalized spacial score (nSPS) is 21.1. The Morgan fingerprint density at radius 2 is 1.79 bits per heavy atom. The minimum atomic E-state index is 0.0319. The maximum absolute atomic E-state index is 13.3. The van der Waals surface area contributed by atoms with Crippen molar-refractivity contribution in [1.82, 2.24) is 24.4 Å². The van der Waals surface area contributed by atoms with Crippen LogP contribution in [0.4, 0.5) is 11.4 Å². The number of hydrazine groups is 1. The summed E-state index contributed by atoms with van der Waals surface area (Å²) in [5.74, 6) is 0. The van der Waals surface area contributed by atoms with E-state index in [1.54, 1.807) is 12.4 Å². The number of rotatable bonds is 7. The molecule has 200 valence electrons. The quantitative estimate of drug-likeness (QED) is 0.439. The van der Waals surface area contributed by atoms with E-state index < -0.39 is 0 Å². The van der Waals surface area contributed by atoms with Gasteiger partial charge in [-0.25, -0.2) is 5.01 Å². The molecule has 0 radical (unpaired) electrons. The molecule has 0 saturated carbocycles. The van der Waals surface area contributed by atoms with Crippen LogP contribution < -0.4 is 15.5 Å². The first kappa shape index (κ1) is 26.1. The van der Waals surface area contributed by atoms with Gasteiger partial charge >= 0.3 is 0 Å². The van der Waals surface area contributed by atoms with E-state index in [4.69, 9.17) is 0 Å². The Labute approximate surface area is 224 Å². The van der Waals surface area contributed by atoms with Gasteiger partial charge in [0.25, 0.3) is 5.56 Å². The molecule has 38 heavy (non-hydrogen) atoms. The van der Waals surface area contributed by atoms with Gasteiger partial charge in [-0.2, -0.15) is 5.26 Å². The summed E-state index contributed by atoms with van der Waals surface area (Å²) in [6, 6.07) is 11.3. The molecule has 0 N–H and O–H groups in total. The van der Waals surface area contributed by atoms with E-state index in [1.165, 1.54) is 5.56 Å². The molecule has 0 bridgehead atoms. The summed E-state index contributed by atoms with van der Waals surface area (Å²) in [6.45, 7) is 12.0. The molecule has 2 aromatic heterocycles. The zero-order valence-corrected chi connectivity index (χ0v) is 23.1. The van der Waals surface area contributed by atoms with Crippen LogP contribution in [0.2, 0.25) is 0 Å². The maximum Gasteiger partial charge on any atom is 0.252 e. The van der Waals surface area contributed by atoms with Crippen molar-refractivity contribution in [3.8, 4) is 6.07 Å². The molecule has 1 saturated heterocycles. The number of piperazine rings is 1. The Balaban J connectivity index is 1.50. The highest BCUT2D eigenvalue weighted by atomic mass is 16.1. The third-order valence-electron chi connectivity index (χ3n) is 8.48. The second kappa shape index (κ2) is 10.7. The molecule has 1 fully saturated rings. The number of pyridine rings is 1. The fourth-order valence-electron chi connectivity index (χ4n) is 6.30. The van der Waals surface area contributed by atoms with Crippen molar-refractivity contribution in [2.24, 2.45) is 0 Å². The fraction of sp³-hybridized carbons (Fsp3) is 0.517. The Hall–Kier alpha value is -3.48. The van der Waals surface area contributed by atoms with Gasteiger partial charge in [0, 0.05) is 63.3 Å².